The minimum atomic E-state index is -1.76. The monoisotopic (exact) mass is 823 g/mol. The summed E-state index contributed by atoms with van der Waals surface area (Å²) >= 11 is 0. The van der Waals surface area contributed by atoms with Crippen LogP contribution in [-0.2, 0) is 19.1 Å². The highest BCUT2D eigenvalue weighted by atomic mass is 16.6. The zero-order valence-corrected chi connectivity index (χ0v) is 37.9. The third-order valence-electron chi connectivity index (χ3n) is 11.3. The molecule has 4 atom stereocenters. The van der Waals surface area contributed by atoms with Crippen LogP contribution >= 0.6 is 0 Å². The number of aliphatic hydroxyl groups is 4. The topological polar surface area (TPSA) is 134 Å². The van der Waals surface area contributed by atoms with Crippen molar-refractivity contribution in [2.45, 2.75) is 269 Å². The highest BCUT2D eigenvalue weighted by Gasteiger charge is 2.34. The Morgan fingerprint density at radius 1 is 0.431 bits per heavy atom. The zero-order valence-electron chi connectivity index (χ0n) is 37.9. The summed E-state index contributed by atoms with van der Waals surface area (Å²) in [6.07, 6.45) is 44.5. The summed E-state index contributed by atoms with van der Waals surface area (Å²) in [5, 5.41) is 40.0. The second kappa shape index (κ2) is 44.8. The van der Waals surface area contributed by atoms with E-state index < -0.39 is 49.6 Å². The van der Waals surface area contributed by atoms with Crippen LogP contribution in [-0.4, -0.2) is 70.0 Å². The molecule has 0 aromatic carbocycles. The molecule has 4 N–H and O–H groups in total. The number of ether oxygens (including phenoxy) is 2. The first-order valence-corrected chi connectivity index (χ1v) is 24.7. The molecule has 0 saturated heterocycles. The van der Waals surface area contributed by atoms with Gasteiger partial charge >= 0.3 is 11.9 Å². The van der Waals surface area contributed by atoms with Crippen LogP contribution in [0.25, 0.3) is 0 Å². The molecule has 58 heavy (non-hydrogen) atoms. The second-order valence-corrected chi connectivity index (χ2v) is 16.9. The van der Waals surface area contributed by atoms with E-state index in [0.717, 1.165) is 38.5 Å². The minimum absolute atomic E-state index is 0.152. The summed E-state index contributed by atoms with van der Waals surface area (Å²) in [6, 6.07) is 0. The van der Waals surface area contributed by atoms with E-state index in [1.54, 1.807) is 0 Å². The highest BCUT2D eigenvalue weighted by molar-refractivity contribution is 5.70. The van der Waals surface area contributed by atoms with Gasteiger partial charge in [0.2, 0.25) is 0 Å². The fraction of sp³-hybridized carbons (Fsp3) is 0.880. The molecular weight excluding hydrogens is 729 g/mol. The summed E-state index contributed by atoms with van der Waals surface area (Å²) in [5.41, 5.74) is 0. The van der Waals surface area contributed by atoms with Crippen LogP contribution in [0.2, 0.25) is 0 Å². The molecule has 0 rings (SSSR count). The number of carbonyl (C=O) groups is 2. The van der Waals surface area contributed by atoms with E-state index in [9.17, 15) is 30.0 Å². The third-order valence-corrected chi connectivity index (χ3v) is 11.3. The van der Waals surface area contributed by atoms with Crippen molar-refractivity contribution in [2.24, 2.45) is 0 Å². The maximum atomic E-state index is 12.6. The number of unbranched alkanes of at least 4 members (excludes halogenated alkanes) is 30. The van der Waals surface area contributed by atoms with Crippen LogP contribution in [0.5, 0.6) is 0 Å². The van der Waals surface area contributed by atoms with E-state index in [-0.39, 0.29) is 12.8 Å². The molecule has 0 aromatic rings. The molecule has 0 aromatic heterocycles. The van der Waals surface area contributed by atoms with Gasteiger partial charge in [0.05, 0.1) is 6.61 Å². The summed E-state index contributed by atoms with van der Waals surface area (Å²) in [5.74, 6) is -1.01. The van der Waals surface area contributed by atoms with Crippen molar-refractivity contribution in [2.75, 3.05) is 13.2 Å². The van der Waals surface area contributed by atoms with Crippen molar-refractivity contribution in [1.29, 1.82) is 0 Å². The molecule has 0 bridgehead atoms. The highest BCUT2D eigenvalue weighted by Crippen LogP contribution is 2.17. The van der Waals surface area contributed by atoms with Gasteiger partial charge in [0, 0.05) is 12.8 Å². The maximum absolute atomic E-state index is 12.6. The van der Waals surface area contributed by atoms with Crippen molar-refractivity contribution >= 4 is 11.9 Å². The van der Waals surface area contributed by atoms with Crippen LogP contribution in [0.15, 0.2) is 24.3 Å². The lowest BCUT2D eigenvalue weighted by molar-refractivity contribution is -0.178. The molecule has 0 heterocycles. The lowest BCUT2D eigenvalue weighted by Gasteiger charge is -2.28. The molecule has 0 radical (unpaired) electrons. The van der Waals surface area contributed by atoms with E-state index in [2.05, 4.69) is 38.2 Å². The van der Waals surface area contributed by atoms with Crippen LogP contribution in [0.3, 0.4) is 0 Å². The van der Waals surface area contributed by atoms with E-state index in [1.165, 1.54) is 167 Å². The predicted octanol–water partition coefficient (Wildman–Crippen LogP) is 12.7. The number of allylic oxidation sites excluding steroid dienone is 4. The van der Waals surface area contributed by atoms with Gasteiger partial charge in [-0.1, -0.05) is 192 Å². The SMILES string of the molecule is CCCCCCCCC=CCCCCCCCCCCCC(=O)OC[C@H](OC(=O)CCCCCCCCCCCC=CCCCCCCCC)[C@@H](O)[C@H](O)[C@H](O)CO. The molecule has 0 amide bonds. The standard InChI is InChI=1S/C50H94O8/c1-3-5-7-9-11-13-15-17-19-21-23-25-27-29-31-33-35-37-39-41-47(53)57-44-46(50(56)49(55)45(52)43-51)58-48(54)42-40-38-36-34-32-30-28-26-24-22-20-18-16-14-12-10-8-6-4-2/h17-20,45-46,49-52,55-56H,3-16,21-44H2,1-2H3/t45-,46+,49-,50-/m1/s1. The van der Waals surface area contributed by atoms with Gasteiger partial charge in [0.1, 0.15) is 24.9 Å². The Morgan fingerprint density at radius 2 is 0.741 bits per heavy atom. The number of hydrogen-bond acceptors (Lipinski definition) is 8. The largest absolute Gasteiger partial charge is 0.462 e. The van der Waals surface area contributed by atoms with E-state index >= 15 is 0 Å². The first-order chi connectivity index (χ1) is 28.4. The van der Waals surface area contributed by atoms with Crippen molar-refractivity contribution in [3.8, 4) is 0 Å². The molecule has 0 aliphatic rings. The molecule has 0 aliphatic carbocycles. The number of carbonyl (C=O) groups excluding carboxylic acids is 2. The fourth-order valence-corrected chi connectivity index (χ4v) is 7.33. The van der Waals surface area contributed by atoms with Crippen molar-refractivity contribution in [3.05, 3.63) is 24.3 Å². The Bertz CT molecular complexity index is 937. The van der Waals surface area contributed by atoms with E-state index in [1.807, 2.05) is 0 Å². The van der Waals surface area contributed by atoms with Crippen LogP contribution < -0.4 is 0 Å². The van der Waals surface area contributed by atoms with Gasteiger partial charge in [-0.15, -0.1) is 0 Å². The number of esters is 2. The van der Waals surface area contributed by atoms with Gasteiger partial charge in [0.25, 0.3) is 0 Å². The normalized spacial score (nSPS) is 14.0. The third kappa shape index (κ3) is 38.5. The molecule has 342 valence electrons. The Balaban J connectivity index is 4.03. The van der Waals surface area contributed by atoms with Crippen LogP contribution in [0.1, 0.15) is 245 Å². The Hall–Kier alpha value is -1.74. The molecule has 0 fully saturated rings. The van der Waals surface area contributed by atoms with Gasteiger partial charge < -0.3 is 29.9 Å². The molecule has 0 aliphatic heterocycles. The van der Waals surface area contributed by atoms with Crippen LogP contribution in [0.4, 0.5) is 0 Å². The number of rotatable bonds is 45. The summed E-state index contributed by atoms with van der Waals surface area (Å²) in [6.45, 7) is 3.32. The summed E-state index contributed by atoms with van der Waals surface area (Å²) in [7, 11) is 0. The van der Waals surface area contributed by atoms with E-state index in [0.29, 0.717) is 12.8 Å². The van der Waals surface area contributed by atoms with Crippen molar-refractivity contribution in [1.82, 2.24) is 0 Å². The summed E-state index contributed by atoms with van der Waals surface area (Å²) in [4.78, 5) is 25.1. The first-order valence-electron chi connectivity index (χ1n) is 24.7. The van der Waals surface area contributed by atoms with Crippen molar-refractivity contribution in [3.63, 3.8) is 0 Å². The molecule has 0 unspecified atom stereocenters. The fourth-order valence-electron chi connectivity index (χ4n) is 7.33. The minimum Gasteiger partial charge on any atom is -0.462 e. The van der Waals surface area contributed by atoms with Gasteiger partial charge in [0.15, 0.2) is 6.10 Å². The van der Waals surface area contributed by atoms with E-state index in [4.69, 9.17) is 9.47 Å². The van der Waals surface area contributed by atoms with Gasteiger partial charge in [-0.2, -0.15) is 0 Å². The van der Waals surface area contributed by atoms with Gasteiger partial charge in [-0.3, -0.25) is 9.59 Å². The average molecular weight is 823 g/mol. The van der Waals surface area contributed by atoms with Gasteiger partial charge in [-0.05, 0) is 64.2 Å². The average Bonchev–Trinajstić information content (AvgIpc) is 3.23. The summed E-state index contributed by atoms with van der Waals surface area (Å²) < 4.78 is 10.8. The van der Waals surface area contributed by atoms with Gasteiger partial charge in [-0.25, -0.2) is 0 Å². The Labute approximate surface area is 357 Å². The number of aliphatic hydroxyl groups excluding tert-OH is 4. The number of hydrogen-bond donors (Lipinski definition) is 4. The molecule has 8 nitrogen and oxygen atoms in total. The molecular formula is C50H94O8. The maximum Gasteiger partial charge on any atom is 0.306 e. The van der Waals surface area contributed by atoms with Crippen molar-refractivity contribution < 1.29 is 39.5 Å². The quantitative estimate of drug-likeness (QED) is 0.0271. The lowest BCUT2D eigenvalue weighted by atomic mass is 10.0. The van der Waals surface area contributed by atoms with Crippen LogP contribution in [0, 0.1) is 0 Å². The second-order valence-electron chi connectivity index (χ2n) is 16.9. The Kier molecular flexibility index (Phi) is 43.5. The molecule has 0 saturated carbocycles. The molecule has 8 heteroatoms. The lowest BCUT2D eigenvalue weighted by Crippen LogP contribution is -2.49. The zero-order chi connectivity index (χ0) is 42.6. The first kappa shape index (κ1) is 56.3. The molecule has 0 spiro atoms. The smallest absolute Gasteiger partial charge is 0.306 e. The Morgan fingerprint density at radius 3 is 1.09 bits per heavy atom. The predicted molar refractivity (Wildman–Crippen MR) is 242 cm³/mol.